The largest absolute Gasteiger partial charge is 0.490 e. The number of rotatable bonds is 5. The van der Waals surface area contributed by atoms with Crippen molar-refractivity contribution in [3.05, 3.63) is 52.8 Å². The molecule has 3 N–H and O–H groups in total. The molecule has 1 atom stereocenters. The summed E-state index contributed by atoms with van der Waals surface area (Å²) in [6.07, 6.45) is -9.76. The van der Waals surface area contributed by atoms with Gasteiger partial charge in [-0.3, -0.25) is 4.98 Å². The zero-order chi connectivity index (χ0) is 35.5. The average Bonchev–Trinajstić information content (AvgIpc) is 3.54. The molecule has 23 heteroatoms. The fraction of sp³-hybridized carbons (Fsp3) is 0.435. The molecule has 0 radical (unpaired) electrons. The maximum Gasteiger partial charge on any atom is 0.490 e. The molecule has 4 heterocycles. The lowest BCUT2D eigenvalue weighted by atomic mass is 9.99. The molecule has 0 aromatic carbocycles. The first-order chi connectivity index (χ1) is 21.0. The number of carboxylic acid groups (broad SMARTS) is 3. The Morgan fingerprint density at radius 2 is 1.48 bits per heavy atom. The number of carboxylic acids is 3. The van der Waals surface area contributed by atoms with Gasteiger partial charge in [-0.1, -0.05) is 17.4 Å². The van der Waals surface area contributed by atoms with Crippen molar-refractivity contribution in [3.63, 3.8) is 0 Å². The van der Waals surface area contributed by atoms with E-state index >= 15 is 0 Å². The number of ether oxygens (including phenoxy) is 1. The lowest BCUT2D eigenvalue weighted by molar-refractivity contribution is -0.193. The predicted molar refractivity (Wildman–Crippen MR) is 137 cm³/mol. The van der Waals surface area contributed by atoms with Gasteiger partial charge in [-0.05, 0) is 18.6 Å². The van der Waals surface area contributed by atoms with Crippen LogP contribution in [-0.4, -0.2) is 89.6 Å². The minimum atomic E-state index is -5.08. The van der Waals surface area contributed by atoms with E-state index in [-0.39, 0.29) is 5.92 Å². The second-order valence-corrected chi connectivity index (χ2v) is 9.81. The van der Waals surface area contributed by atoms with Crippen molar-refractivity contribution in [2.45, 2.75) is 44.5 Å². The minimum absolute atomic E-state index is 0.247. The molecule has 46 heavy (non-hydrogen) atoms. The highest BCUT2D eigenvalue weighted by Gasteiger charge is 2.39. The molecule has 0 fully saturated rings. The van der Waals surface area contributed by atoms with Crippen molar-refractivity contribution >= 4 is 34.4 Å². The minimum Gasteiger partial charge on any atom is -0.475 e. The number of carbonyl (C=O) groups is 3. The number of aliphatic carboxylic acids is 3. The number of aromatic nitrogens is 5. The number of aryl methyl sites for hydroxylation is 2. The third-order valence-corrected chi connectivity index (χ3v) is 5.95. The first kappa shape index (κ1) is 39.5. The smallest absolute Gasteiger partial charge is 0.475 e. The highest BCUT2D eigenvalue weighted by Crippen LogP contribution is 2.32. The number of fused-ring (bicyclic) bond motifs is 1. The van der Waals surface area contributed by atoms with E-state index in [4.69, 9.17) is 34.4 Å². The SMILES string of the molecule is Cc1nnc(N2Cc3ncn(C)c3C(COCc3cccnc3)C2)s1.O=C(O)C(F)(F)F.O=C(O)C(F)(F)F.O=C(O)C(F)(F)F. The summed E-state index contributed by atoms with van der Waals surface area (Å²) in [6.45, 7) is 4.80. The molecule has 0 saturated heterocycles. The number of hydrogen-bond acceptors (Lipinski definition) is 10. The van der Waals surface area contributed by atoms with E-state index in [0.29, 0.717) is 13.2 Å². The maximum absolute atomic E-state index is 10.6. The standard InChI is InChI=1S/C17H20N6OS.3C2HF3O2/c1-12-20-21-17(25-12)23-7-14(16-15(8-23)19-11-22(16)2)10-24-9-13-4-3-5-18-6-13;3*3-2(4,5)1(6)7/h3-6,11,14H,7-10H2,1-2H3;3*(H,6,7). The number of halogens is 9. The first-order valence-electron chi connectivity index (χ1n) is 12.0. The molecule has 0 bridgehead atoms. The lowest BCUT2D eigenvalue weighted by Crippen LogP contribution is -2.36. The van der Waals surface area contributed by atoms with E-state index in [9.17, 15) is 39.5 Å². The molecule has 0 aliphatic carbocycles. The molecule has 256 valence electrons. The van der Waals surface area contributed by atoms with E-state index in [1.807, 2.05) is 38.6 Å². The molecule has 1 aliphatic heterocycles. The Morgan fingerprint density at radius 3 is 1.89 bits per heavy atom. The van der Waals surface area contributed by atoms with Gasteiger partial charge in [0.05, 0.1) is 31.8 Å². The molecule has 1 aliphatic rings. The second-order valence-electron chi connectivity index (χ2n) is 8.65. The summed E-state index contributed by atoms with van der Waals surface area (Å²) < 4.78 is 103. The number of anilines is 1. The Bertz CT molecular complexity index is 1370. The van der Waals surface area contributed by atoms with E-state index in [2.05, 4.69) is 29.6 Å². The Morgan fingerprint density at radius 1 is 0.957 bits per heavy atom. The fourth-order valence-electron chi connectivity index (χ4n) is 3.23. The van der Waals surface area contributed by atoms with Crippen LogP contribution in [0.25, 0.3) is 0 Å². The molecule has 3 aromatic rings. The number of nitrogens with zero attached hydrogens (tertiary/aromatic N) is 6. The van der Waals surface area contributed by atoms with Crippen LogP contribution in [0.4, 0.5) is 44.6 Å². The maximum atomic E-state index is 10.6. The van der Waals surface area contributed by atoms with E-state index < -0.39 is 36.4 Å². The predicted octanol–water partition coefficient (Wildman–Crippen LogP) is 4.20. The van der Waals surface area contributed by atoms with Crippen molar-refractivity contribution in [3.8, 4) is 0 Å². The van der Waals surface area contributed by atoms with Gasteiger partial charge in [-0.25, -0.2) is 19.4 Å². The molecule has 4 rings (SSSR count). The van der Waals surface area contributed by atoms with Crippen LogP contribution >= 0.6 is 11.3 Å². The molecule has 1 unspecified atom stereocenters. The Labute approximate surface area is 255 Å². The van der Waals surface area contributed by atoms with Crippen molar-refractivity contribution in [2.24, 2.45) is 7.05 Å². The number of imidazole rings is 1. The summed E-state index contributed by atoms with van der Waals surface area (Å²) in [5.74, 6) is -8.02. The van der Waals surface area contributed by atoms with Crippen molar-refractivity contribution in [1.29, 1.82) is 0 Å². The molecule has 3 aromatic heterocycles. The molecule has 0 spiro atoms. The topological polar surface area (TPSA) is 181 Å². The monoisotopic (exact) mass is 698 g/mol. The number of hydrogen-bond donors (Lipinski definition) is 3. The molecule has 0 saturated carbocycles. The number of pyridine rings is 1. The fourth-order valence-corrected chi connectivity index (χ4v) is 3.92. The van der Waals surface area contributed by atoms with Crippen molar-refractivity contribution < 1.29 is 74.0 Å². The Balaban J connectivity index is 0.000000413. The van der Waals surface area contributed by atoms with Gasteiger partial charge in [0.25, 0.3) is 0 Å². The van der Waals surface area contributed by atoms with Gasteiger partial charge in [-0.2, -0.15) is 39.5 Å². The van der Waals surface area contributed by atoms with Gasteiger partial charge in [-0.15, -0.1) is 10.2 Å². The first-order valence-corrected chi connectivity index (χ1v) is 12.8. The quantitative estimate of drug-likeness (QED) is 0.324. The molecular formula is C23H23F9N6O7S. The van der Waals surface area contributed by atoms with Gasteiger partial charge >= 0.3 is 36.4 Å². The van der Waals surface area contributed by atoms with E-state index in [0.717, 1.165) is 34.5 Å². The highest BCUT2D eigenvalue weighted by molar-refractivity contribution is 7.15. The summed E-state index contributed by atoms with van der Waals surface area (Å²) >= 11 is 1.62. The summed E-state index contributed by atoms with van der Waals surface area (Å²) in [5, 5.41) is 31.7. The highest BCUT2D eigenvalue weighted by atomic mass is 32.1. The molecular weight excluding hydrogens is 675 g/mol. The normalized spacial score (nSPS) is 14.3. The van der Waals surface area contributed by atoms with Gasteiger partial charge in [0.2, 0.25) is 5.13 Å². The summed E-state index contributed by atoms with van der Waals surface area (Å²) in [6, 6.07) is 3.96. The van der Waals surface area contributed by atoms with Crippen LogP contribution in [-0.2, 0) is 39.3 Å². The van der Waals surface area contributed by atoms with Crippen LogP contribution < -0.4 is 4.90 Å². The van der Waals surface area contributed by atoms with E-state index in [1.54, 1.807) is 17.5 Å². The van der Waals surface area contributed by atoms with Crippen LogP contribution in [0, 0.1) is 6.92 Å². The Kier molecular flexibility index (Phi) is 14.3. The molecule has 13 nitrogen and oxygen atoms in total. The summed E-state index contributed by atoms with van der Waals surface area (Å²) in [5.41, 5.74) is 3.43. The van der Waals surface area contributed by atoms with Crippen molar-refractivity contribution in [2.75, 3.05) is 18.1 Å². The summed E-state index contributed by atoms with van der Waals surface area (Å²) in [4.78, 5) is 37.6. The zero-order valence-electron chi connectivity index (χ0n) is 23.3. The average molecular weight is 699 g/mol. The second kappa shape index (κ2) is 16.7. The van der Waals surface area contributed by atoms with Gasteiger partial charge in [0.1, 0.15) is 5.01 Å². The van der Waals surface area contributed by atoms with Gasteiger partial charge in [0.15, 0.2) is 0 Å². The van der Waals surface area contributed by atoms with Crippen LogP contribution in [0.5, 0.6) is 0 Å². The number of alkyl halides is 9. The molecule has 0 amide bonds. The van der Waals surface area contributed by atoms with Crippen molar-refractivity contribution in [1.82, 2.24) is 24.7 Å². The summed E-state index contributed by atoms with van der Waals surface area (Å²) in [7, 11) is 2.05. The van der Waals surface area contributed by atoms with Crippen LogP contribution in [0.2, 0.25) is 0 Å². The van der Waals surface area contributed by atoms with Gasteiger partial charge in [0, 0.05) is 37.6 Å². The zero-order valence-corrected chi connectivity index (χ0v) is 24.1. The third kappa shape index (κ3) is 13.6. The lowest BCUT2D eigenvalue weighted by Gasteiger charge is -2.32. The van der Waals surface area contributed by atoms with Gasteiger partial charge < -0.3 is 29.5 Å². The van der Waals surface area contributed by atoms with Crippen LogP contribution in [0.15, 0.2) is 30.9 Å². The van der Waals surface area contributed by atoms with E-state index in [1.165, 1.54) is 5.69 Å². The van der Waals surface area contributed by atoms with Crippen LogP contribution in [0.1, 0.15) is 27.9 Å². The Hall–Kier alpha value is -4.54. The third-order valence-electron chi connectivity index (χ3n) is 5.05. The van der Waals surface area contributed by atoms with Crippen LogP contribution in [0.3, 0.4) is 0 Å².